The van der Waals surface area contributed by atoms with Crippen LogP contribution in [0.2, 0.25) is 0 Å². The summed E-state index contributed by atoms with van der Waals surface area (Å²) in [5.74, 6) is 0.934. The quantitative estimate of drug-likeness (QED) is 0.683. The minimum absolute atomic E-state index is 0.934. The Labute approximate surface area is 102 Å². The molecule has 0 amide bonds. The van der Waals surface area contributed by atoms with Crippen LogP contribution >= 0.6 is 49.9 Å². The maximum absolute atomic E-state index is 5.29. The summed E-state index contributed by atoms with van der Waals surface area (Å²) in [6.07, 6.45) is 0. The zero-order chi connectivity index (χ0) is 9.42. The zero-order valence-electron chi connectivity index (χ0n) is 6.80. The number of ether oxygens (including phenoxy) is 1. The second-order valence-electron chi connectivity index (χ2n) is 2.54. The summed E-state index contributed by atoms with van der Waals surface area (Å²) in [5, 5.41) is 3.28. The molecule has 1 aromatic carbocycles. The lowest BCUT2D eigenvalue weighted by atomic mass is 10.2. The van der Waals surface area contributed by atoms with Gasteiger partial charge in [0.2, 0.25) is 0 Å². The summed E-state index contributed by atoms with van der Waals surface area (Å²) in [5.41, 5.74) is 0. The van der Waals surface area contributed by atoms with E-state index in [0.29, 0.717) is 0 Å². The summed E-state index contributed by atoms with van der Waals surface area (Å²) < 4.78 is 8.93. The number of benzene rings is 1. The molecular formula is C9H6BrIOS. The highest BCUT2D eigenvalue weighted by Gasteiger charge is 2.09. The first kappa shape index (κ1) is 9.73. The molecule has 0 radical (unpaired) electrons. The molecule has 1 aromatic heterocycles. The average Bonchev–Trinajstić information content (AvgIpc) is 2.60. The van der Waals surface area contributed by atoms with Gasteiger partial charge in [0.05, 0.1) is 11.8 Å². The van der Waals surface area contributed by atoms with Gasteiger partial charge in [-0.2, -0.15) is 0 Å². The van der Waals surface area contributed by atoms with Gasteiger partial charge in [-0.15, -0.1) is 11.3 Å². The molecule has 0 aliphatic carbocycles. The lowest BCUT2D eigenvalue weighted by molar-refractivity contribution is 0.419. The predicted octanol–water partition coefficient (Wildman–Crippen LogP) is 4.28. The van der Waals surface area contributed by atoms with Crippen molar-refractivity contribution in [2.45, 2.75) is 0 Å². The Morgan fingerprint density at radius 1 is 1.54 bits per heavy atom. The van der Waals surface area contributed by atoms with Gasteiger partial charge >= 0.3 is 0 Å². The molecule has 0 aliphatic heterocycles. The van der Waals surface area contributed by atoms with Gasteiger partial charge in [-0.1, -0.05) is 0 Å². The van der Waals surface area contributed by atoms with Crippen LogP contribution in [-0.4, -0.2) is 7.11 Å². The zero-order valence-corrected chi connectivity index (χ0v) is 11.4. The number of halogens is 2. The molecular weight excluding hydrogens is 363 g/mol. The molecule has 0 saturated heterocycles. The molecule has 0 aliphatic rings. The number of methoxy groups -OCH3 is 1. The predicted molar refractivity (Wildman–Crippen MR) is 68.8 cm³/mol. The summed E-state index contributed by atoms with van der Waals surface area (Å²) >= 11 is 7.59. The van der Waals surface area contributed by atoms with Gasteiger partial charge in [0.25, 0.3) is 0 Å². The van der Waals surface area contributed by atoms with E-state index in [4.69, 9.17) is 4.74 Å². The van der Waals surface area contributed by atoms with E-state index >= 15 is 0 Å². The highest BCUT2D eigenvalue weighted by molar-refractivity contribution is 14.1. The van der Waals surface area contributed by atoms with Gasteiger partial charge in [-0.25, -0.2) is 0 Å². The largest absolute Gasteiger partial charge is 0.496 e. The first-order valence-electron chi connectivity index (χ1n) is 3.63. The van der Waals surface area contributed by atoms with Crippen LogP contribution in [0.4, 0.5) is 0 Å². The molecule has 0 fully saturated rings. The van der Waals surface area contributed by atoms with Crippen molar-refractivity contribution in [3.8, 4) is 5.75 Å². The molecule has 4 heteroatoms. The van der Waals surface area contributed by atoms with Crippen LogP contribution in [0.15, 0.2) is 22.0 Å². The van der Waals surface area contributed by atoms with Crippen LogP contribution in [0.5, 0.6) is 5.75 Å². The third-order valence-corrected chi connectivity index (χ3v) is 5.60. The lowest BCUT2D eigenvalue weighted by Gasteiger charge is -2.04. The normalized spacial score (nSPS) is 10.7. The van der Waals surface area contributed by atoms with Crippen molar-refractivity contribution in [2.24, 2.45) is 0 Å². The van der Waals surface area contributed by atoms with Crippen molar-refractivity contribution < 1.29 is 4.74 Å². The van der Waals surface area contributed by atoms with Gasteiger partial charge in [0, 0.05) is 13.4 Å². The number of fused-ring (bicyclic) bond motifs is 1. The molecule has 0 unspecified atom stereocenters. The molecule has 0 atom stereocenters. The molecule has 1 nitrogen and oxygen atoms in total. The van der Waals surface area contributed by atoms with Gasteiger partial charge in [0.15, 0.2) is 0 Å². The molecule has 2 aromatic rings. The van der Waals surface area contributed by atoms with Crippen molar-refractivity contribution >= 4 is 59.9 Å². The van der Waals surface area contributed by atoms with Crippen molar-refractivity contribution in [1.82, 2.24) is 0 Å². The van der Waals surface area contributed by atoms with Crippen LogP contribution in [0.3, 0.4) is 0 Å². The fourth-order valence-corrected chi connectivity index (χ4v) is 3.42. The monoisotopic (exact) mass is 368 g/mol. The number of thiophene rings is 1. The standard InChI is InChI=1S/C9H6BrIOS/c1-12-7-4-6(10)8(11)9-5(7)2-3-13-9/h2-4H,1H3. The Balaban J connectivity index is 2.87. The number of rotatable bonds is 1. The van der Waals surface area contributed by atoms with E-state index in [9.17, 15) is 0 Å². The van der Waals surface area contributed by atoms with E-state index in [1.807, 2.05) is 6.07 Å². The van der Waals surface area contributed by atoms with Crippen molar-refractivity contribution in [3.05, 3.63) is 25.6 Å². The third kappa shape index (κ3) is 1.59. The van der Waals surface area contributed by atoms with Crippen molar-refractivity contribution in [1.29, 1.82) is 0 Å². The van der Waals surface area contributed by atoms with Gasteiger partial charge in [-0.05, 0) is 56.0 Å². The third-order valence-electron chi connectivity index (χ3n) is 1.82. The molecule has 1 heterocycles. The van der Waals surface area contributed by atoms with E-state index in [2.05, 4.69) is 50.0 Å². The summed E-state index contributed by atoms with van der Waals surface area (Å²) in [4.78, 5) is 0. The van der Waals surface area contributed by atoms with Gasteiger partial charge in [-0.3, -0.25) is 0 Å². The van der Waals surface area contributed by atoms with Crippen LogP contribution in [0, 0.1) is 3.57 Å². The Kier molecular flexibility index (Phi) is 2.80. The van der Waals surface area contributed by atoms with E-state index in [1.54, 1.807) is 18.4 Å². The molecule has 0 spiro atoms. The van der Waals surface area contributed by atoms with Crippen molar-refractivity contribution in [3.63, 3.8) is 0 Å². The molecule has 0 N–H and O–H groups in total. The summed E-state index contributed by atoms with van der Waals surface area (Å²) in [6.45, 7) is 0. The van der Waals surface area contributed by atoms with Gasteiger partial charge < -0.3 is 4.74 Å². The Hall–Kier alpha value is 0.190. The molecule has 13 heavy (non-hydrogen) atoms. The maximum Gasteiger partial charge on any atom is 0.128 e. The molecule has 0 saturated carbocycles. The van der Waals surface area contributed by atoms with E-state index in [-0.39, 0.29) is 0 Å². The lowest BCUT2D eigenvalue weighted by Crippen LogP contribution is -1.85. The second-order valence-corrected chi connectivity index (χ2v) is 5.39. The van der Waals surface area contributed by atoms with Crippen LogP contribution in [-0.2, 0) is 0 Å². The van der Waals surface area contributed by atoms with Crippen LogP contribution in [0.1, 0.15) is 0 Å². The smallest absolute Gasteiger partial charge is 0.128 e. The SMILES string of the molecule is COc1cc(Br)c(I)c2sccc12. The molecule has 68 valence electrons. The minimum atomic E-state index is 0.934. The van der Waals surface area contributed by atoms with E-state index in [1.165, 1.54) is 13.7 Å². The van der Waals surface area contributed by atoms with E-state index in [0.717, 1.165) is 10.2 Å². The Morgan fingerprint density at radius 2 is 2.31 bits per heavy atom. The van der Waals surface area contributed by atoms with Crippen molar-refractivity contribution in [2.75, 3.05) is 7.11 Å². The maximum atomic E-state index is 5.29. The summed E-state index contributed by atoms with van der Waals surface area (Å²) in [6, 6.07) is 4.10. The first-order chi connectivity index (χ1) is 6.24. The first-order valence-corrected chi connectivity index (χ1v) is 6.38. The second kappa shape index (κ2) is 3.74. The molecule has 0 bridgehead atoms. The van der Waals surface area contributed by atoms with Gasteiger partial charge in [0.1, 0.15) is 5.75 Å². The number of hydrogen-bond acceptors (Lipinski definition) is 2. The van der Waals surface area contributed by atoms with E-state index < -0.39 is 0 Å². The highest BCUT2D eigenvalue weighted by atomic mass is 127. The summed E-state index contributed by atoms with van der Waals surface area (Å²) in [7, 11) is 1.70. The fraction of sp³-hybridized carbons (Fsp3) is 0.111. The fourth-order valence-electron chi connectivity index (χ4n) is 1.21. The average molecular weight is 369 g/mol. The molecule has 2 rings (SSSR count). The highest BCUT2D eigenvalue weighted by Crippen LogP contribution is 2.37. The topological polar surface area (TPSA) is 9.23 Å². The van der Waals surface area contributed by atoms with Crippen LogP contribution in [0.25, 0.3) is 10.1 Å². The number of hydrogen-bond donors (Lipinski definition) is 0. The Morgan fingerprint density at radius 3 is 3.00 bits per heavy atom. The van der Waals surface area contributed by atoms with Crippen LogP contribution < -0.4 is 4.74 Å². The Bertz CT molecular complexity index is 452. The minimum Gasteiger partial charge on any atom is -0.496 e.